The van der Waals surface area contributed by atoms with Gasteiger partial charge in [-0.2, -0.15) is 0 Å². The molecule has 0 saturated carbocycles. The lowest BCUT2D eigenvalue weighted by atomic mass is 10.0. The number of nitrogens with zero attached hydrogens (tertiary/aromatic N) is 1. The van der Waals surface area contributed by atoms with Crippen LogP contribution in [-0.2, 0) is 9.53 Å². The molecule has 4 heteroatoms. The summed E-state index contributed by atoms with van der Waals surface area (Å²) in [7, 11) is 1.98. The Balaban J connectivity index is 1.71. The SMILES string of the molecule is CNC1CCCN(C(=O)CCC2CCOC2)C1. The van der Waals surface area contributed by atoms with Crippen molar-refractivity contribution in [1.29, 1.82) is 0 Å². The van der Waals surface area contributed by atoms with E-state index in [-0.39, 0.29) is 0 Å². The number of rotatable bonds is 4. The van der Waals surface area contributed by atoms with Crippen molar-refractivity contribution in [3.63, 3.8) is 0 Å². The number of hydrogen-bond donors (Lipinski definition) is 1. The van der Waals surface area contributed by atoms with Crippen LogP contribution in [0.3, 0.4) is 0 Å². The van der Waals surface area contributed by atoms with Gasteiger partial charge in [-0.05, 0) is 38.6 Å². The lowest BCUT2D eigenvalue weighted by molar-refractivity contribution is -0.132. The zero-order valence-corrected chi connectivity index (χ0v) is 10.8. The van der Waals surface area contributed by atoms with Crippen LogP contribution in [0.2, 0.25) is 0 Å². The maximum Gasteiger partial charge on any atom is 0.222 e. The average Bonchev–Trinajstić information content (AvgIpc) is 2.89. The van der Waals surface area contributed by atoms with E-state index >= 15 is 0 Å². The Bertz CT molecular complexity index is 252. The zero-order valence-electron chi connectivity index (χ0n) is 10.8. The number of likely N-dealkylation sites (N-methyl/N-ethyl adjacent to an activating group) is 1. The van der Waals surface area contributed by atoms with E-state index in [1.54, 1.807) is 0 Å². The van der Waals surface area contributed by atoms with Crippen molar-refractivity contribution < 1.29 is 9.53 Å². The number of carbonyl (C=O) groups is 1. The number of likely N-dealkylation sites (tertiary alicyclic amines) is 1. The number of piperidine rings is 1. The molecule has 2 unspecified atom stereocenters. The van der Waals surface area contributed by atoms with E-state index in [1.165, 1.54) is 6.42 Å². The summed E-state index contributed by atoms with van der Waals surface area (Å²) in [6.45, 7) is 3.56. The van der Waals surface area contributed by atoms with Crippen molar-refractivity contribution in [2.75, 3.05) is 33.4 Å². The lowest BCUT2D eigenvalue weighted by Gasteiger charge is -2.32. The molecule has 2 rings (SSSR count). The predicted molar refractivity (Wildman–Crippen MR) is 66.8 cm³/mol. The monoisotopic (exact) mass is 240 g/mol. The first kappa shape index (κ1) is 12.8. The highest BCUT2D eigenvalue weighted by atomic mass is 16.5. The number of amides is 1. The molecule has 2 fully saturated rings. The van der Waals surface area contributed by atoms with Crippen LogP contribution in [0, 0.1) is 5.92 Å². The van der Waals surface area contributed by atoms with Crippen molar-refractivity contribution in [3.05, 3.63) is 0 Å². The molecule has 4 nitrogen and oxygen atoms in total. The first-order valence-electron chi connectivity index (χ1n) is 6.82. The third kappa shape index (κ3) is 3.68. The Hall–Kier alpha value is -0.610. The fourth-order valence-electron chi connectivity index (χ4n) is 2.74. The minimum atomic E-state index is 0.330. The van der Waals surface area contributed by atoms with E-state index in [0.29, 0.717) is 24.3 Å². The quantitative estimate of drug-likeness (QED) is 0.797. The topological polar surface area (TPSA) is 41.6 Å². The third-order valence-electron chi connectivity index (χ3n) is 3.97. The van der Waals surface area contributed by atoms with Crippen LogP contribution in [0.4, 0.5) is 0 Å². The van der Waals surface area contributed by atoms with E-state index in [1.807, 2.05) is 11.9 Å². The van der Waals surface area contributed by atoms with Gasteiger partial charge in [0.25, 0.3) is 0 Å². The van der Waals surface area contributed by atoms with Crippen LogP contribution in [0.15, 0.2) is 0 Å². The molecule has 0 aromatic carbocycles. The molecule has 2 heterocycles. The van der Waals surface area contributed by atoms with Crippen molar-refractivity contribution in [2.45, 2.75) is 38.1 Å². The fraction of sp³-hybridized carbons (Fsp3) is 0.923. The molecule has 0 aliphatic carbocycles. The molecule has 2 saturated heterocycles. The summed E-state index contributed by atoms with van der Waals surface area (Å²) in [6.07, 6.45) is 5.15. The van der Waals surface area contributed by atoms with Gasteiger partial charge in [0.15, 0.2) is 0 Å². The molecule has 2 aliphatic rings. The minimum Gasteiger partial charge on any atom is -0.381 e. The maximum absolute atomic E-state index is 12.1. The Morgan fingerprint density at radius 1 is 1.47 bits per heavy atom. The maximum atomic E-state index is 12.1. The van der Waals surface area contributed by atoms with Gasteiger partial charge in [-0.1, -0.05) is 0 Å². The number of hydrogen-bond acceptors (Lipinski definition) is 3. The summed E-state index contributed by atoms with van der Waals surface area (Å²) >= 11 is 0. The van der Waals surface area contributed by atoms with Gasteiger partial charge in [-0.3, -0.25) is 4.79 Å². The summed E-state index contributed by atoms with van der Waals surface area (Å²) in [5.41, 5.74) is 0. The van der Waals surface area contributed by atoms with Gasteiger partial charge in [-0.25, -0.2) is 0 Å². The Morgan fingerprint density at radius 3 is 3.06 bits per heavy atom. The molecule has 2 aliphatic heterocycles. The van der Waals surface area contributed by atoms with Gasteiger partial charge >= 0.3 is 0 Å². The molecule has 0 radical (unpaired) electrons. The highest BCUT2D eigenvalue weighted by Crippen LogP contribution is 2.19. The number of ether oxygens (including phenoxy) is 1. The van der Waals surface area contributed by atoms with Crippen molar-refractivity contribution >= 4 is 5.91 Å². The van der Waals surface area contributed by atoms with Crippen molar-refractivity contribution in [2.24, 2.45) is 5.92 Å². The van der Waals surface area contributed by atoms with Gasteiger partial charge in [0.05, 0.1) is 0 Å². The van der Waals surface area contributed by atoms with Gasteiger partial charge in [0, 0.05) is 38.8 Å². The fourth-order valence-corrected chi connectivity index (χ4v) is 2.74. The smallest absolute Gasteiger partial charge is 0.222 e. The molecular formula is C13H24N2O2. The van der Waals surface area contributed by atoms with Crippen molar-refractivity contribution in [3.8, 4) is 0 Å². The van der Waals surface area contributed by atoms with Crippen LogP contribution in [-0.4, -0.2) is 50.2 Å². The second kappa shape index (κ2) is 6.36. The van der Waals surface area contributed by atoms with Crippen LogP contribution in [0.5, 0.6) is 0 Å². The highest BCUT2D eigenvalue weighted by Gasteiger charge is 2.23. The highest BCUT2D eigenvalue weighted by molar-refractivity contribution is 5.76. The van der Waals surface area contributed by atoms with E-state index < -0.39 is 0 Å². The average molecular weight is 240 g/mol. The Labute approximate surface area is 104 Å². The van der Waals surface area contributed by atoms with Crippen LogP contribution in [0.25, 0.3) is 0 Å². The summed E-state index contributed by atoms with van der Waals surface area (Å²) in [5.74, 6) is 0.945. The van der Waals surface area contributed by atoms with Gasteiger partial charge in [0.1, 0.15) is 0 Å². The van der Waals surface area contributed by atoms with Gasteiger partial charge in [-0.15, -0.1) is 0 Å². The second-order valence-corrected chi connectivity index (χ2v) is 5.24. The summed E-state index contributed by atoms with van der Waals surface area (Å²) in [4.78, 5) is 14.1. The molecule has 0 aromatic heterocycles. The van der Waals surface area contributed by atoms with Crippen LogP contribution in [0.1, 0.15) is 32.1 Å². The van der Waals surface area contributed by atoms with Crippen LogP contribution >= 0.6 is 0 Å². The molecule has 1 N–H and O–H groups in total. The zero-order chi connectivity index (χ0) is 12.1. The number of nitrogens with one attached hydrogen (secondary N) is 1. The van der Waals surface area contributed by atoms with Crippen molar-refractivity contribution in [1.82, 2.24) is 10.2 Å². The molecule has 0 aromatic rings. The predicted octanol–water partition coefficient (Wildman–Crippen LogP) is 1.01. The van der Waals surface area contributed by atoms with E-state index in [2.05, 4.69) is 5.32 Å². The normalized spacial score (nSPS) is 29.6. The molecule has 2 atom stereocenters. The van der Waals surface area contributed by atoms with E-state index in [0.717, 1.165) is 45.6 Å². The first-order chi connectivity index (χ1) is 8.29. The van der Waals surface area contributed by atoms with Crippen LogP contribution < -0.4 is 5.32 Å². The summed E-state index contributed by atoms with van der Waals surface area (Å²) < 4.78 is 5.33. The summed E-state index contributed by atoms with van der Waals surface area (Å²) in [5, 5.41) is 3.27. The van der Waals surface area contributed by atoms with E-state index in [4.69, 9.17) is 4.74 Å². The second-order valence-electron chi connectivity index (χ2n) is 5.24. The third-order valence-corrected chi connectivity index (χ3v) is 3.97. The first-order valence-corrected chi connectivity index (χ1v) is 6.82. The molecule has 98 valence electrons. The Morgan fingerprint density at radius 2 is 2.35 bits per heavy atom. The number of carbonyl (C=O) groups excluding carboxylic acids is 1. The molecule has 0 bridgehead atoms. The van der Waals surface area contributed by atoms with Gasteiger partial charge < -0.3 is 15.0 Å². The van der Waals surface area contributed by atoms with E-state index in [9.17, 15) is 4.79 Å². The lowest BCUT2D eigenvalue weighted by Crippen LogP contribution is -2.47. The van der Waals surface area contributed by atoms with Gasteiger partial charge in [0.2, 0.25) is 5.91 Å². The Kier molecular flexibility index (Phi) is 4.80. The molecular weight excluding hydrogens is 216 g/mol. The largest absolute Gasteiger partial charge is 0.381 e. The molecule has 17 heavy (non-hydrogen) atoms. The molecule has 0 spiro atoms. The summed E-state index contributed by atoms with van der Waals surface area (Å²) in [6, 6.07) is 0.488. The standard InChI is InChI=1S/C13H24N2O2/c1-14-12-3-2-7-15(9-12)13(16)5-4-11-6-8-17-10-11/h11-12,14H,2-10H2,1H3. The minimum absolute atomic E-state index is 0.330. The molecule has 1 amide bonds.